The van der Waals surface area contributed by atoms with Gasteiger partial charge in [-0.15, -0.1) is 0 Å². The normalized spacial score (nSPS) is 15.2. The Balaban J connectivity index is 1.76. The van der Waals surface area contributed by atoms with Crippen LogP contribution in [0.15, 0.2) is 41.6 Å². The van der Waals surface area contributed by atoms with Gasteiger partial charge in [0, 0.05) is 16.1 Å². The molecule has 0 amide bonds. The number of hydrogen-bond donors (Lipinski definition) is 1. The molecule has 2 aromatic carbocycles. The van der Waals surface area contributed by atoms with Gasteiger partial charge in [-0.05, 0) is 54.8 Å². The Bertz CT molecular complexity index is 715. The maximum atomic E-state index is 13.6. The summed E-state index contributed by atoms with van der Waals surface area (Å²) in [6, 6.07) is 9.94. The van der Waals surface area contributed by atoms with Gasteiger partial charge in [0.1, 0.15) is 18.2 Å². The third-order valence-electron chi connectivity index (χ3n) is 3.54. The van der Waals surface area contributed by atoms with Gasteiger partial charge in [0.25, 0.3) is 0 Å². The van der Waals surface area contributed by atoms with E-state index in [2.05, 4.69) is 5.16 Å². The Morgan fingerprint density at radius 3 is 2.86 bits per heavy atom. The molecule has 0 saturated heterocycles. The van der Waals surface area contributed by atoms with E-state index in [4.69, 9.17) is 21.5 Å². The third-order valence-corrected chi connectivity index (χ3v) is 3.78. The summed E-state index contributed by atoms with van der Waals surface area (Å²) in [7, 11) is 0. The zero-order valence-corrected chi connectivity index (χ0v) is 11.9. The molecule has 0 fully saturated rings. The van der Waals surface area contributed by atoms with E-state index in [0.29, 0.717) is 22.0 Å². The van der Waals surface area contributed by atoms with Crippen molar-refractivity contribution in [3.63, 3.8) is 0 Å². The first-order valence-electron chi connectivity index (χ1n) is 6.58. The minimum Gasteiger partial charge on any atom is -0.489 e. The topological polar surface area (TPSA) is 41.8 Å². The van der Waals surface area contributed by atoms with Gasteiger partial charge in [-0.2, -0.15) is 0 Å². The molecule has 1 N–H and O–H groups in total. The van der Waals surface area contributed by atoms with Crippen LogP contribution in [0, 0.1) is 5.82 Å². The van der Waals surface area contributed by atoms with Crippen molar-refractivity contribution in [2.45, 2.75) is 19.4 Å². The fourth-order valence-corrected chi connectivity index (χ4v) is 2.65. The Morgan fingerprint density at radius 1 is 1.19 bits per heavy atom. The second-order valence-corrected chi connectivity index (χ2v) is 5.33. The second-order valence-electron chi connectivity index (χ2n) is 4.89. The lowest BCUT2D eigenvalue weighted by Gasteiger charge is -2.09. The summed E-state index contributed by atoms with van der Waals surface area (Å²) in [4.78, 5) is 0. The van der Waals surface area contributed by atoms with Crippen LogP contribution in [0.1, 0.15) is 23.1 Å². The van der Waals surface area contributed by atoms with E-state index in [-0.39, 0.29) is 12.4 Å². The number of halogens is 2. The lowest BCUT2D eigenvalue weighted by molar-refractivity contribution is 0.299. The first-order chi connectivity index (χ1) is 10.2. The van der Waals surface area contributed by atoms with Crippen molar-refractivity contribution >= 4 is 17.3 Å². The molecule has 0 unspecified atom stereocenters. The third kappa shape index (κ3) is 2.85. The maximum absolute atomic E-state index is 13.6. The van der Waals surface area contributed by atoms with Crippen LogP contribution in [0.3, 0.4) is 0 Å². The minimum absolute atomic E-state index is 0.117. The van der Waals surface area contributed by atoms with Crippen molar-refractivity contribution in [3.05, 3.63) is 63.9 Å². The van der Waals surface area contributed by atoms with Crippen molar-refractivity contribution in [1.82, 2.24) is 0 Å². The number of aryl methyl sites for hydroxylation is 1. The van der Waals surface area contributed by atoms with Crippen molar-refractivity contribution < 1.29 is 14.3 Å². The molecule has 1 aliphatic carbocycles. The molecule has 0 aliphatic heterocycles. The van der Waals surface area contributed by atoms with Crippen molar-refractivity contribution in [2.75, 3.05) is 0 Å². The molecular weight excluding hydrogens is 293 g/mol. The van der Waals surface area contributed by atoms with E-state index in [1.54, 1.807) is 12.1 Å². The van der Waals surface area contributed by atoms with Crippen LogP contribution in [0.5, 0.6) is 5.75 Å². The molecule has 0 aromatic heterocycles. The molecular formula is C16H13ClFNO2. The standard InChI is InChI=1S/C16H13ClFNO2/c17-12-2-5-15(18)11(7-12)9-21-13-3-4-14-10(8-13)1-6-16(14)19-20/h2-5,7-8,20H,1,6,9H2/b19-16-. The molecule has 2 aromatic rings. The number of ether oxygens (including phenoxy) is 1. The Hall–Kier alpha value is -2.07. The van der Waals surface area contributed by atoms with Gasteiger partial charge < -0.3 is 9.94 Å². The number of rotatable bonds is 3. The van der Waals surface area contributed by atoms with E-state index in [9.17, 15) is 4.39 Å². The summed E-state index contributed by atoms with van der Waals surface area (Å²) in [5.74, 6) is 0.322. The van der Waals surface area contributed by atoms with Crippen LogP contribution >= 0.6 is 11.6 Å². The molecule has 5 heteroatoms. The average Bonchev–Trinajstić information content (AvgIpc) is 2.90. The highest BCUT2D eigenvalue weighted by atomic mass is 35.5. The fraction of sp³-hybridized carbons (Fsp3) is 0.188. The summed E-state index contributed by atoms with van der Waals surface area (Å²) in [6.45, 7) is 0.117. The molecule has 3 nitrogen and oxygen atoms in total. The largest absolute Gasteiger partial charge is 0.489 e. The van der Waals surface area contributed by atoms with Crippen LogP contribution in [0.25, 0.3) is 0 Å². The second kappa shape index (κ2) is 5.74. The first kappa shape index (κ1) is 13.9. The summed E-state index contributed by atoms with van der Waals surface area (Å²) in [5, 5.41) is 12.7. The number of hydrogen-bond acceptors (Lipinski definition) is 3. The fourth-order valence-electron chi connectivity index (χ4n) is 2.45. The van der Waals surface area contributed by atoms with Crippen molar-refractivity contribution in [2.24, 2.45) is 5.16 Å². The number of fused-ring (bicyclic) bond motifs is 1. The zero-order chi connectivity index (χ0) is 14.8. The van der Waals surface area contributed by atoms with Crippen LogP contribution in [-0.2, 0) is 13.0 Å². The number of benzene rings is 2. The minimum atomic E-state index is -0.338. The first-order valence-corrected chi connectivity index (χ1v) is 6.96. The van der Waals surface area contributed by atoms with E-state index < -0.39 is 0 Å². The summed E-state index contributed by atoms with van der Waals surface area (Å²) < 4.78 is 19.2. The predicted molar refractivity (Wildman–Crippen MR) is 78.8 cm³/mol. The van der Waals surface area contributed by atoms with Crippen LogP contribution in [0.4, 0.5) is 4.39 Å². The lowest BCUT2D eigenvalue weighted by Crippen LogP contribution is -1.99. The molecule has 0 radical (unpaired) electrons. The molecule has 0 bridgehead atoms. The van der Waals surface area contributed by atoms with Gasteiger partial charge in [-0.25, -0.2) is 4.39 Å². The Morgan fingerprint density at radius 2 is 2.05 bits per heavy atom. The Kier molecular flexibility index (Phi) is 3.80. The zero-order valence-electron chi connectivity index (χ0n) is 11.1. The smallest absolute Gasteiger partial charge is 0.129 e. The van der Waals surface area contributed by atoms with Crippen LogP contribution in [0.2, 0.25) is 5.02 Å². The molecule has 0 atom stereocenters. The highest BCUT2D eigenvalue weighted by Crippen LogP contribution is 2.27. The Labute approximate surface area is 126 Å². The van der Waals surface area contributed by atoms with E-state index in [1.807, 2.05) is 12.1 Å². The number of oxime groups is 1. The number of nitrogens with zero attached hydrogens (tertiary/aromatic N) is 1. The molecule has 108 valence electrons. The highest BCUT2D eigenvalue weighted by Gasteiger charge is 2.18. The predicted octanol–water partition coefficient (Wildman–Crippen LogP) is 4.18. The van der Waals surface area contributed by atoms with Gasteiger partial charge in [0.2, 0.25) is 0 Å². The lowest BCUT2D eigenvalue weighted by atomic mass is 10.1. The van der Waals surface area contributed by atoms with Crippen LogP contribution in [-0.4, -0.2) is 10.9 Å². The monoisotopic (exact) mass is 305 g/mol. The molecule has 0 heterocycles. The summed E-state index contributed by atoms with van der Waals surface area (Å²) >= 11 is 5.85. The average molecular weight is 306 g/mol. The van der Waals surface area contributed by atoms with E-state index in [1.165, 1.54) is 12.1 Å². The quantitative estimate of drug-likeness (QED) is 0.682. The highest BCUT2D eigenvalue weighted by molar-refractivity contribution is 6.30. The molecule has 1 aliphatic rings. The maximum Gasteiger partial charge on any atom is 0.129 e. The molecule has 0 saturated carbocycles. The van der Waals surface area contributed by atoms with Crippen molar-refractivity contribution in [3.8, 4) is 5.75 Å². The van der Waals surface area contributed by atoms with E-state index >= 15 is 0 Å². The molecule has 0 spiro atoms. The van der Waals surface area contributed by atoms with Gasteiger partial charge in [-0.3, -0.25) is 0 Å². The van der Waals surface area contributed by atoms with E-state index in [0.717, 1.165) is 24.0 Å². The molecule has 3 rings (SSSR count). The van der Waals surface area contributed by atoms with Gasteiger partial charge >= 0.3 is 0 Å². The van der Waals surface area contributed by atoms with Crippen LogP contribution < -0.4 is 4.74 Å². The summed E-state index contributed by atoms with van der Waals surface area (Å²) in [6.07, 6.45) is 1.54. The van der Waals surface area contributed by atoms with Gasteiger partial charge in [-0.1, -0.05) is 16.8 Å². The van der Waals surface area contributed by atoms with Crippen molar-refractivity contribution in [1.29, 1.82) is 0 Å². The molecule has 21 heavy (non-hydrogen) atoms. The van der Waals surface area contributed by atoms with Gasteiger partial charge in [0.05, 0.1) is 5.71 Å². The SMILES string of the molecule is O/N=C1/CCc2cc(OCc3cc(Cl)ccc3F)ccc21. The summed E-state index contributed by atoms with van der Waals surface area (Å²) in [5.41, 5.74) is 3.13. The van der Waals surface area contributed by atoms with Gasteiger partial charge in [0.15, 0.2) is 0 Å².